The number of aliphatic hydroxyl groups is 1. The number of nitrogens with zero attached hydrogens (tertiary/aromatic N) is 1. The minimum Gasteiger partial charge on any atom is -0.466 e. The SMILES string of the molecule is CCOC(=O)C1CCC(O)(CNCc2cc(C)no2)CC1. The molecule has 1 fully saturated rings. The maximum atomic E-state index is 11.7. The first-order valence-electron chi connectivity index (χ1n) is 7.54. The first-order chi connectivity index (χ1) is 10.0. The number of hydrogen-bond acceptors (Lipinski definition) is 6. The molecule has 0 bridgehead atoms. The molecule has 1 heterocycles. The van der Waals surface area contributed by atoms with Crippen LogP contribution in [0.1, 0.15) is 44.1 Å². The summed E-state index contributed by atoms with van der Waals surface area (Å²) in [5.41, 5.74) is 0.0957. The van der Waals surface area contributed by atoms with Gasteiger partial charge in [-0.3, -0.25) is 4.79 Å². The smallest absolute Gasteiger partial charge is 0.308 e. The molecule has 0 radical (unpaired) electrons. The number of carbonyl (C=O) groups excluding carboxylic acids is 1. The summed E-state index contributed by atoms with van der Waals surface area (Å²) in [7, 11) is 0. The van der Waals surface area contributed by atoms with Crippen molar-refractivity contribution in [3.8, 4) is 0 Å². The average molecular weight is 296 g/mol. The minimum atomic E-state index is -0.752. The van der Waals surface area contributed by atoms with Crippen molar-refractivity contribution in [1.29, 1.82) is 0 Å². The third-order valence-electron chi connectivity index (χ3n) is 3.97. The molecule has 118 valence electrons. The van der Waals surface area contributed by atoms with E-state index in [4.69, 9.17) is 9.26 Å². The van der Waals surface area contributed by atoms with Crippen molar-refractivity contribution in [3.05, 3.63) is 17.5 Å². The fourth-order valence-electron chi connectivity index (χ4n) is 2.75. The molecular formula is C15H24N2O4. The summed E-state index contributed by atoms with van der Waals surface area (Å²) in [6.45, 7) is 5.13. The number of aromatic nitrogens is 1. The lowest BCUT2D eigenvalue weighted by Gasteiger charge is -2.35. The summed E-state index contributed by atoms with van der Waals surface area (Å²) in [6, 6.07) is 1.87. The van der Waals surface area contributed by atoms with E-state index >= 15 is 0 Å². The third-order valence-corrected chi connectivity index (χ3v) is 3.97. The highest BCUT2D eigenvalue weighted by Gasteiger charge is 2.36. The van der Waals surface area contributed by atoms with E-state index in [-0.39, 0.29) is 11.9 Å². The van der Waals surface area contributed by atoms with Crippen molar-refractivity contribution in [2.45, 2.75) is 51.7 Å². The van der Waals surface area contributed by atoms with Crippen LogP contribution in [0.3, 0.4) is 0 Å². The minimum absolute atomic E-state index is 0.0675. The zero-order chi connectivity index (χ0) is 15.3. The number of esters is 1. The zero-order valence-corrected chi connectivity index (χ0v) is 12.7. The van der Waals surface area contributed by atoms with Gasteiger partial charge in [-0.25, -0.2) is 0 Å². The van der Waals surface area contributed by atoms with Gasteiger partial charge in [0, 0.05) is 12.6 Å². The van der Waals surface area contributed by atoms with Crippen LogP contribution in [0, 0.1) is 12.8 Å². The summed E-state index contributed by atoms with van der Waals surface area (Å²) in [4.78, 5) is 11.7. The highest BCUT2D eigenvalue weighted by atomic mass is 16.5. The van der Waals surface area contributed by atoms with Gasteiger partial charge in [-0.1, -0.05) is 5.16 Å². The highest BCUT2D eigenvalue weighted by Crippen LogP contribution is 2.32. The Labute approximate surface area is 124 Å². The lowest BCUT2D eigenvalue weighted by Crippen LogP contribution is -2.44. The lowest BCUT2D eigenvalue weighted by atomic mass is 9.79. The molecule has 1 aromatic heterocycles. The Morgan fingerprint density at radius 3 is 2.86 bits per heavy atom. The van der Waals surface area contributed by atoms with Crippen LogP contribution in [0.15, 0.2) is 10.6 Å². The lowest BCUT2D eigenvalue weighted by molar-refractivity contribution is -0.151. The van der Waals surface area contributed by atoms with Crippen LogP contribution in [0.4, 0.5) is 0 Å². The standard InChI is InChI=1S/C15H24N2O4/c1-3-20-14(18)12-4-6-15(19,7-5-12)10-16-9-13-8-11(2)17-21-13/h8,12,16,19H,3-7,9-10H2,1-2H3. The molecule has 0 spiro atoms. The molecular weight excluding hydrogens is 272 g/mol. The van der Waals surface area contributed by atoms with E-state index < -0.39 is 5.60 Å². The average Bonchev–Trinajstić information content (AvgIpc) is 2.85. The molecule has 0 saturated heterocycles. The first kappa shape index (κ1) is 16.0. The molecule has 0 amide bonds. The monoisotopic (exact) mass is 296 g/mol. The normalized spacial score (nSPS) is 25.8. The Bertz CT molecular complexity index is 464. The molecule has 2 rings (SSSR count). The molecule has 1 aromatic rings. The number of hydrogen-bond donors (Lipinski definition) is 2. The number of rotatable bonds is 6. The summed E-state index contributed by atoms with van der Waals surface area (Å²) >= 11 is 0. The van der Waals surface area contributed by atoms with Gasteiger partial charge in [0.25, 0.3) is 0 Å². The van der Waals surface area contributed by atoms with Crippen molar-refractivity contribution < 1.29 is 19.2 Å². The number of ether oxygens (including phenoxy) is 1. The predicted octanol–water partition coefficient (Wildman–Crippen LogP) is 1.56. The molecule has 1 saturated carbocycles. The summed E-state index contributed by atoms with van der Waals surface area (Å²) in [6.07, 6.45) is 2.58. The topological polar surface area (TPSA) is 84.6 Å². The van der Waals surface area contributed by atoms with Crippen molar-refractivity contribution in [1.82, 2.24) is 10.5 Å². The van der Waals surface area contributed by atoms with Crippen LogP contribution in [0.2, 0.25) is 0 Å². The molecule has 0 atom stereocenters. The van der Waals surface area contributed by atoms with Crippen LogP contribution in [-0.4, -0.2) is 35.0 Å². The van der Waals surface area contributed by atoms with Crippen LogP contribution < -0.4 is 5.32 Å². The zero-order valence-electron chi connectivity index (χ0n) is 12.7. The van der Waals surface area contributed by atoms with E-state index in [1.54, 1.807) is 0 Å². The first-order valence-corrected chi connectivity index (χ1v) is 7.54. The van der Waals surface area contributed by atoms with Crippen LogP contribution in [-0.2, 0) is 16.1 Å². The maximum Gasteiger partial charge on any atom is 0.308 e. The van der Waals surface area contributed by atoms with Crippen LogP contribution in [0.25, 0.3) is 0 Å². The van der Waals surface area contributed by atoms with Crippen LogP contribution >= 0.6 is 0 Å². The van der Waals surface area contributed by atoms with E-state index in [0.29, 0.717) is 45.4 Å². The molecule has 0 aromatic carbocycles. The van der Waals surface area contributed by atoms with E-state index in [1.807, 2.05) is 19.9 Å². The molecule has 0 unspecified atom stereocenters. The van der Waals surface area contributed by atoms with Gasteiger partial charge in [0.2, 0.25) is 0 Å². The number of aryl methyl sites for hydroxylation is 1. The van der Waals surface area contributed by atoms with Gasteiger partial charge in [0.15, 0.2) is 5.76 Å². The van der Waals surface area contributed by atoms with Crippen molar-refractivity contribution in [2.24, 2.45) is 5.92 Å². The molecule has 6 nitrogen and oxygen atoms in total. The third kappa shape index (κ3) is 4.54. The Hall–Kier alpha value is -1.40. The molecule has 2 N–H and O–H groups in total. The Kier molecular flexibility index (Phi) is 5.36. The molecule has 1 aliphatic carbocycles. The van der Waals surface area contributed by atoms with E-state index in [0.717, 1.165) is 11.5 Å². The number of nitrogens with one attached hydrogen (secondary N) is 1. The predicted molar refractivity (Wildman–Crippen MR) is 76.5 cm³/mol. The Morgan fingerprint density at radius 2 is 2.29 bits per heavy atom. The second-order valence-electron chi connectivity index (χ2n) is 5.79. The van der Waals surface area contributed by atoms with Crippen molar-refractivity contribution >= 4 is 5.97 Å². The highest BCUT2D eigenvalue weighted by molar-refractivity contribution is 5.72. The maximum absolute atomic E-state index is 11.7. The fourth-order valence-corrected chi connectivity index (χ4v) is 2.75. The molecule has 0 aliphatic heterocycles. The largest absolute Gasteiger partial charge is 0.466 e. The Balaban J connectivity index is 1.73. The summed E-state index contributed by atoms with van der Waals surface area (Å²) in [5, 5.41) is 17.5. The van der Waals surface area contributed by atoms with E-state index in [1.165, 1.54) is 0 Å². The van der Waals surface area contributed by atoms with Crippen molar-refractivity contribution in [3.63, 3.8) is 0 Å². The number of carbonyl (C=O) groups is 1. The fraction of sp³-hybridized carbons (Fsp3) is 0.733. The van der Waals surface area contributed by atoms with Gasteiger partial charge >= 0.3 is 5.97 Å². The van der Waals surface area contributed by atoms with Gasteiger partial charge in [0.05, 0.1) is 30.4 Å². The van der Waals surface area contributed by atoms with Crippen molar-refractivity contribution in [2.75, 3.05) is 13.2 Å². The quantitative estimate of drug-likeness (QED) is 0.775. The van der Waals surface area contributed by atoms with E-state index in [2.05, 4.69) is 10.5 Å². The summed E-state index contributed by atoms with van der Waals surface area (Å²) < 4.78 is 10.1. The summed E-state index contributed by atoms with van der Waals surface area (Å²) in [5.74, 6) is 0.558. The molecule has 21 heavy (non-hydrogen) atoms. The molecule has 6 heteroatoms. The Morgan fingerprint density at radius 1 is 1.57 bits per heavy atom. The second kappa shape index (κ2) is 7.04. The van der Waals surface area contributed by atoms with Gasteiger partial charge in [0.1, 0.15) is 0 Å². The van der Waals surface area contributed by atoms with E-state index in [9.17, 15) is 9.90 Å². The van der Waals surface area contributed by atoms with Gasteiger partial charge in [-0.2, -0.15) is 0 Å². The van der Waals surface area contributed by atoms with Gasteiger partial charge in [-0.05, 0) is 39.5 Å². The van der Waals surface area contributed by atoms with Gasteiger partial charge in [-0.15, -0.1) is 0 Å². The molecule has 1 aliphatic rings. The van der Waals surface area contributed by atoms with Crippen LogP contribution in [0.5, 0.6) is 0 Å². The van der Waals surface area contributed by atoms with Gasteiger partial charge < -0.3 is 19.7 Å². The second-order valence-corrected chi connectivity index (χ2v) is 5.79.